The summed E-state index contributed by atoms with van der Waals surface area (Å²) < 4.78 is 5.28. The van der Waals surface area contributed by atoms with Crippen molar-refractivity contribution in [2.45, 2.75) is 77.0 Å². The molecule has 0 radical (unpaired) electrons. The van der Waals surface area contributed by atoms with Gasteiger partial charge in [-0.05, 0) is 81.8 Å². The topological polar surface area (TPSA) is 98.5 Å². The lowest BCUT2D eigenvalue weighted by molar-refractivity contribution is -0.117. The average Bonchev–Trinajstić information content (AvgIpc) is 2.87. The molecular weight excluding hydrogens is 653 g/mol. The summed E-state index contributed by atoms with van der Waals surface area (Å²) in [7, 11) is 0. The van der Waals surface area contributed by atoms with Crippen molar-refractivity contribution >= 4 is 88.9 Å². The van der Waals surface area contributed by atoms with Crippen molar-refractivity contribution in [3.05, 3.63) is 69.7 Å². The summed E-state index contributed by atoms with van der Waals surface area (Å²) >= 11 is 22.6. The predicted molar refractivity (Wildman–Crippen MR) is 176 cm³/mol. The molecule has 0 fully saturated rings. The first-order chi connectivity index (χ1) is 18.3. The quantitative estimate of drug-likeness (QED) is 0.207. The lowest BCUT2D eigenvalue weighted by Gasteiger charge is -2.23. The van der Waals surface area contributed by atoms with Gasteiger partial charge in [0.25, 0.3) is 0 Å². The van der Waals surface area contributed by atoms with Crippen LogP contribution in [0.1, 0.15) is 57.6 Å². The first kappa shape index (κ1) is 41.9. The Morgan fingerprint density at radius 3 is 1.61 bits per heavy atom. The molecule has 0 heterocycles. The van der Waals surface area contributed by atoms with Crippen LogP contribution in [0.2, 0.25) is 10.0 Å². The molecule has 0 bridgehead atoms. The molecule has 0 aliphatic carbocycles. The molecule has 2 aromatic carbocycles. The number of Topliss-reactive ketones (excluding diaryl/α,β-unsaturated/α-hetero) is 2. The van der Waals surface area contributed by atoms with Crippen LogP contribution in [0, 0.1) is 0 Å². The minimum atomic E-state index is -0.569. The molecule has 0 aliphatic heterocycles. The van der Waals surface area contributed by atoms with Crippen LogP contribution < -0.4 is 11.1 Å². The van der Waals surface area contributed by atoms with Gasteiger partial charge in [-0.2, -0.15) is 0 Å². The second kappa shape index (κ2) is 22.3. The number of nitrogens with two attached hydrogens (primary N) is 1. The fourth-order valence-electron chi connectivity index (χ4n) is 3.45. The van der Waals surface area contributed by atoms with E-state index in [0.717, 1.165) is 22.6 Å². The number of amides is 1. The van der Waals surface area contributed by atoms with E-state index in [-0.39, 0.29) is 60.2 Å². The Morgan fingerprint density at radius 1 is 0.780 bits per heavy atom. The van der Waals surface area contributed by atoms with Crippen LogP contribution in [0.4, 0.5) is 4.79 Å². The number of ketones is 2. The van der Waals surface area contributed by atoms with Crippen LogP contribution in [-0.4, -0.2) is 47.1 Å². The molecule has 0 saturated heterocycles. The van der Waals surface area contributed by atoms with Gasteiger partial charge in [-0.15, -0.1) is 48.0 Å². The lowest BCUT2D eigenvalue weighted by atomic mass is 10.0. The number of alkyl halides is 2. The molecule has 2 rings (SSSR count). The van der Waals surface area contributed by atoms with E-state index in [1.54, 1.807) is 32.9 Å². The van der Waals surface area contributed by atoms with Gasteiger partial charge in [0.05, 0.1) is 11.8 Å². The Balaban J connectivity index is 0. The molecule has 2 unspecified atom stereocenters. The molecule has 41 heavy (non-hydrogen) atoms. The van der Waals surface area contributed by atoms with Gasteiger partial charge in [-0.25, -0.2) is 4.79 Å². The molecular formula is C29H40Cl6N2O4. The van der Waals surface area contributed by atoms with E-state index in [4.69, 9.17) is 56.9 Å². The van der Waals surface area contributed by atoms with Crippen molar-refractivity contribution in [2.24, 2.45) is 5.73 Å². The van der Waals surface area contributed by atoms with E-state index in [2.05, 4.69) is 5.32 Å². The van der Waals surface area contributed by atoms with E-state index in [0.29, 0.717) is 37.1 Å². The Labute approximate surface area is 276 Å². The minimum absolute atomic E-state index is 0. The summed E-state index contributed by atoms with van der Waals surface area (Å²) in [4.78, 5) is 34.4. The number of ether oxygens (including phenoxy) is 1. The van der Waals surface area contributed by atoms with Crippen LogP contribution in [0.3, 0.4) is 0 Å². The Kier molecular flexibility index (Phi) is 22.8. The van der Waals surface area contributed by atoms with E-state index in [1.807, 2.05) is 36.4 Å². The van der Waals surface area contributed by atoms with Gasteiger partial charge in [-0.3, -0.25) is 9.59 Å². The maximum absolute atomic E-state index is 12.0. The molecule has 0 spiro atoms. The Bertz CT molecular complexity index is 1030. The molecule has 0 aromatic heterocycles. The molecule has 232 valence electrons. The van der Waals surface area contributed by atoms with Gasteiger partial charge in [0.1, 0.15) is 17.2 Å². The number of hydrogen-bond acceptors (Lipinski definition) is 5. The molecule has 2 atom stereocenters. The summed E-state index contributed by atoms with van der Waals surface area (Å²) in [5.41, 5.74) is 7.51. The van der Waals surface area contributed by atoms with Crippen molar-refractivity contribution in [3.8, 4) is 0 Å². The van der Waals surface area contributed by atoms with Crippen molar-refractivity contribution in [1.82, 2.24) is 5.32 Å². The van der Waals surface area contributed by atoms with Gasteiger partial charge < -0.3 is 15.8 Å². The third kappa shape index (κ3) is 21.1. The number of halogens is 6. The van der Waals surface area contributed by atoms with Crippen LogP contribution >= 0.6 is 71.2 Å². The molecule has 0 aliphatic rings. The number of rotatable bonds is 13. The fourth-order valence-corrected chi connectivity index (χ4v) is 3.96. The van der Waals surface area contributed by atoms with Gasteiger partial charge in [0, 0.05) is 35.0 Å². The summed E-state index contributed by atoms with van der Waals surface area (Å²) in [5, 5.41) is 4.20. The van der Waals surface area contributed by atoms with E-state index in [9.17, 15) is 14.4 Å². The lowest BCUT2D eigenvalue weighted by Crippen LogP contribution is -2.40. The smallest absolute Gasteiger partial charge is 0.407 e. The SMILES string of the molecule is CC(C)(C)OC(=O)NC(CCC(=O)CCl)Cc1ccc(Cl)cc1.Cl.Cl.NC(CCC(=O)CCl)Cc1ccc(Cl)cc1. The Morgan fingerprint density at radius 2 is 1.20 bits per heavy atom. The summed E-state index contributed by atoms with van der Waals surface area (Å²) in [5.74, 6) is 0.0697. The maximum Gasteiger partial charge on any atom is 0.407 e. The highest BCUT2D eigenvalue weighted by molar-refractivity contribution is 6.30. The summed E-state index contributed by atoms with van der Waals surface area (Å²) in [6, 6.07) is 14.8. The van der Waals surface area contributed by atoms with E-state index >= 15 is 0 Å². The van der Waals surface area contributed by atoms with Crippen LogP contribution in [0.25, 0.3) is 0 Å². The molecule has 6 nitrogen and oxygen atoms in total. The van der Waals surface area contributed by atoms with Gasteiger partial charge in [0.2, 0.25) is 0 Å². The number of alkyl carbamates (subject to hydrolysis) is 1. The standard InChI is InChI=1S/C17H23Cl2NO3.C12H15Cl2NO.2ClH/c1-17(2,3)23-16(22)20-14(8-9-15(21)11-18)10-12-4-6-13(19)7-5-12;13-8-12(16)6-5-11(15)7-9-1-3-10(14)4-2-9;;/h4-7,14H,8-11H2,1-3H3,(H,20,22);1-4,11H,5-8,15H2;2*1H. The molecule has 12 heteroatoms. The summed E-state index contributed by atoms with van der Waals surface area (Å²) in [6.45, 7) is 5.41. The van der Waals surface area contributed by atoms with Crippen molar-refractivity contribution in [2.75, 3.05) is 11.8 Å². The normalized spacial score (nSPS) is 11.9. The summed E-state index contributed by atoms with van der Waals surface area (Å²) in [6.07, 6.45) is 2.81. The van der Waals surface area contributed by atoms with Crippen molar-refractivity contribution in [3.63, 3.8) is 0 Å². The molecule has 1 amide bonds. The first-order valence-electron chi connectivity index (χ1n) is 12.7. The number of nitrogens with one attached hydrogen (secondary N) is 1. The van der Waals surface area contributed by atoms with Gasteiger partial charge in [-0.1, -0.05) is 47.5 Å². The zero-order valence-corrected chi connectivity index (χ0v) is 28.1. The highest BCUT2D eigenvalue weighted by Gasteiger charge is 2.20. The Hall–Kier alpha value is -1.25. The third-order valence-corrected chi connectivity index (χ3v) is 6.49. The number of hydrogen-bond donors (Lipinski definition) is 2. The average molecular weight is 693 g/mol. The highest BCUT2D eigenvalue weighted by Crippen LogP contribution is 2.15. The maximum atomic E-state index is 12.0. The minimum Gasteiger partial charge on any atom is -0.444 e. The van der Waals surface area contributed by atoms with Crippen LogP contribution in [-0.2, 0) is 27.2 Å². The first-order valence-corrected chi connectivity index (χ1v) is 14.5. The zero-order chi connectivity index (χ0) is 29.4. The largest absolute Gasteiger partial charge is 0.444 e. The van der Waals surface area contributed by atoms with Gasteiger partial charge in [0.15, 0.2) is 0 Å². The third-order valence-electron chi connectivity index (χ3n) is 5.39. The fraction of sp³-hybridized carbons (Fsp3) is 0.483. The predicted octanol–water partition coefficient (Wildman–Crippen LogP) is 8.01. The van der Waals surface area contributed by atoms with Crippen molar-refractivity contribution < 1.29 is 19.1 Å². The second-order valence-electron chi connectivity index (χ2n) is 10.2. The van der Waals surface area contributed by atoms with E-state index in [1.165, 1.54) is 0 Å². The zero-order valence-electron chi connectivity index (χ0n) is 23.5. The van der Waals surface area contributed by atoms with Crippen molar-refractivity contribution in [1.29, 1.82) is 0 Å². The molecule has 0 saturated carbocycles. The number of carbonyl (C=O) groups excluding carboxylic acids is 3. The van der Waals surface area contributed by atoms with Crippen LogP contribution in [0.5, 0.6) is 0 Å². The van der Waals surface area contributed by atoms with Crippen LogP contribution in [0.15, 0.2) is 48.5 Å². The molecule has 2 aromatic rings. The van der Waals surface area contributed by atoms with Gasteiger partial charge >= 0.3 is 6.09 Å². The number of carbonyl (C=O) groups is 3. The second-order valence-corrected chi connectivity index (χ2v) is 11.6. The number of benzene rings is 2. The highest BCUT2D eigenvalue weighted by atomic mass is 35.5. The monoisotopic (exact) mass is 690 g/mol. The van der Waals surface area contributed by atoms with E-state index < -0.39 is 11.7 Å². The molecule has 3 N–H and O–H groups in total.